The molecule has 0 atom stereocenters. The highest BCUT2D eigenvalue weighted by Crippen LogP contribution is 2.37. The topological polar surface area (TPSA) is 105 Å². The number of anilines is 4. The second kappa shape index (κ2) is 9.37. The molecule has 0 unspecified atom stereocenters. The van der Waals surface area contributed by atoms with Crippen molar-refractivity contribution in [2.45, 2.75) is 11.1 Å². The number of hydrogen-bond acceptors (Lipinski definition) is 7. The van der Waals surface area contributed by atoms with Gasteiger partial charge in [-0.25, -0.2) is 22.5 Å². The van der Waals surface area contributed by atoms with Crippen molar-refractivity contribution in [3.05, 3.63) is 59.0 Å². The van der Waals surface area contributed by atoms with E-state index in [4.69, 9.17) is 16.3 Å². The monoisotopic (exact) mass is 505 g/mol. The van der Waals surface area contributed by atoms with Gasteiger partial charge in [0.05, 0.1) is 23.9 Å². The molecular formula is C19H16ClF4N5O3S. The highest BCUT2D eigenvalue weighted by atomic mass is 35.5. The maximum atomic E-state index is 14.2. The van der Waals surface area contributed by atoms with E-state index in [9.17, 15) is 26.0 Å². The Morgan fingerprint density at radius 3 is 2.36 bits per heavy atom. The number of ether oxygens (including phenoxy) is 1. The van der Waals surface area contributed by atoms with Gasteiger partial charge in [-0.1, -0.05) is 11.6 Å². The zero-order valence-corrected chi connectivity index (χ0v) is 18.5. The molecule has 1 heterocycles. The molecule has 3 rings (SSSR count). The molecule has 0 fully saturated rings. The van der Waals surface area contributed by atoms with E-state index in [1.807, 2.05) is 0 Å². The number of aromatic nitrogens is 2. The van der Waals surface area contributed by atoms with Crippen molar-refractivity contribution in [3.8, 4) is 5.75 Å². The van der Waals surface area contributed by atoms with Gasteiger partial charge in [0.1, 0.15) is 10.6 Å². The summed E-state index contributed by atoms with van der Waals surface area (Å²) < 4.78 is 84.8. The number of nitrogens with one attached hydrogen (secondary N) is 3. The fourth-order valence-corrected chi connectivity index (χ4v) is 3.78. The van der Waals surface area contributed by atoms with E-state index in [0.717, 1.165) is 18.3 Å². The number of nitrogens with zero attached hydrogens (tertiary/aromatic N) is 2. The Labute approximate surface area is 191 Å². The van der Waals surface area contributed by atoms with E-state index >= 15 is 0 Å². The molecule has 33 heavy (non-hydrogen) atoms. The SMILES string of the molecule is CNS(=O)(=O)c1ccc(Nc2ncc(F)c(Nc3ccc(Cl)c(C(F)(F)F)c3)n2)cc1OC. The van der Waals surface area contributed by atoms with Crippen LogP contribution >= 0.6 is 11.6 Å². The first-order chi connectivity index (χ1) is 15.4. The normalized spacial score (nSPS) is 11.8. The summed E-state index contributed by atoms with van der Waals surface area (Å²) in [6.07, 6.45) is -3.88. The van der Waals surface area contributed by atoms with Crippen LogP contribution in [0.25, 0.3) is 0 Å². The number of methoxy groups -OCH3 is 1. The van der Waals surface area contributed by atoms with Crippen LogP contribution in [0.2, 0.25) is 5.02 Å². The first-order valence-electron chi connectivity index (χ1n) is 8.99. The lowest BCUT2D eigenvalue weighted by Crippen LogP contribution is -2.19. The Morgan fingerprint density at radius 2 is 1.73 bits per heavy atom. The van der Waals surface area contributed by atoms with Crippen molar-refractivity contribution in [2.24, 2.45) is 0 Å². The number of rotatable bonds is 7. The fourth-order valence-electron chi connectivity index (χ4n) is 2.68. The minimum atomic E-state index is -4.70. The van der Waals surface area contributed by atoms with Crippen molar-refractivity contribution in [2.75, 3.05) is 24.8 Å². The number of benzene rings is 2. The van der Waals surface area contributed by atoms with Gasteiger partial charge < -0.3 is 15.4 Å². The Morgan fingerprint density at radius 1 is 1.06 bits per heavy atom. The van der Waals surface area contributed by atoms with Gasteiger partial charge in [-0.2, -0.15) is 18.2 Å². The van der Waals surface area contributed by atoms with Crippen LogP contribution in [-0.2, 0) is 16.2 Å². The van der Waals surface area contributed by atoms with Crippen LogP contribution < -0.4 is 20.1 Å². The molecule has 0 saturated carbocycles. The third-order valence-corrected chi connectivity index (χ3v) is 6.04. The maximum Gasteiger partial charge on any atom is 0.417 e. The Bertz CT molecular complexity index is 1290. The molecule has 3 aromatic rings. The van der Waals surface area contributed by atoms with Crippen LogP contribution in [0.15, 0.2) is 47.5 Å². The molecule has 3 N–H and O–H groups in total. The molecule has 0 aliphatic heterocycles. The summed E-state index contributed by atoms with van der Waals surface area (Å²) in [4.78, 5) is 7.60. The molecule has 2 aromatic carbocycles. The van der Waals surface area contributed by atoms with Crippen LogP contribution in [0.3, 0.4) is 0 Å². The molecule has 14 heteroatoms. The summed E-state index contributed by atoms with van der Waals surface area (Å²) in [6, 6.07) is 7.03. The van der Waals surface area contributed by atoms with Gasteiger partial charge in [0.25, 0.3) is 0 Å². The van der Waals surface area contributed by atoms with Gasteiger partial charge in [0, 0.05) is 17.4 Å². The predicted octanol–water partition coefficient (Wildman–Crippen LogP) is 4.69. The van der Waals surface area contributed by atoms with Crippen LogP contribution in [0, 0.1) is 5.82 Å². The maximum absolute atomic E-state index is 14.2. The minimum Gasteiger partial charge on any atom is -0.495 e. The van der Waals surface area contributed by atoms with Crippen molar-refractivity contribution >= 4 is 44.8 Å². The Kier molecular flexibility index (Phi) is 6.95. The van der Waals surface area contributed by atoms with Gasteiger partial charge in [-0.05, 0) is 37.4 Å². The summed E-state index contributed by atoms with van der Waals surface area (Å²) in [6.45, 7) is 0. The molecule has 0 aliphatic rings. The summed E-state index contributed by atoms with van der Waals surface area (Å²) in [5, 5.41) is 4.70. The summed E-state index contributed by atoms with van der Waals surface area (Å²) in [5.74, 6) is -1.41. The highest BCUT2D eigenvalue weighted by Gasteiger charge is 2.33. The van der Waals surface area contributed by atoms with Gasteiger partial charge in [-0.15, -0.1) is 0 Å². The van der Waals surface area contributed by atoms with Crippen molar-refractivity contribution in [3.63, 3.8) is 0 Å². The first-order valence-corrected chi connectivity index (χ1v) is 10.9. The van der Waals surface area contributed by atoms with Crippen molar-refractivity contribution in [1.82, 2.24) is 14.7 Å². The van der Waals surface area contributed by atoms with E-state index in [-0.39, 0.29) is 22.3 Å². The lowest BCUT2D eigenvalue weighted by Gasteiger charge is -2.14. The van der Waals surface area contributed by atoms with E-state index in [2.05, 4.69) is 25.3 Å². The van der Waals surface area contributed by atoms with Crippen LogP contribution in [0.1, 0.15) is 5.56 Å². The lowest BCUT2D eigenvalue weighted by molar-refractivity contribution is -0.137. The van der Waals surface area contributed by atoms with Crippen LogP contribution in [0.5, 0.6) is 5.75 Å². The molecule has 0 amide bonds. The van der Waals surface area contributed by atoms with Crippen LogP contribution in [0.4, 0.5) is 40.7 Å². The standard InChI is InChI=1S/C19H16ClF4N5O3S/c1-25-33(30,31)16-6-4-11(8-15(16)32-2)28-18-26-9-14(21)17(29-18)27-10-3-5-13(20)12(7-10)19(22,23)24/h3-9,25H,1-2H3,(H2,26,27,28,29). The lowest BCUT2D eigenvalue weighted by atomic mass is 10.2. The van der Waals surface area contributed by atoms with Crippen molar-refractivity contribution in [1.29, 1.82) is 0 Å². The molecule has 0 aliphatic carbocycles. The predicted molar refractivity (Wildman–Crippen MR) is 114 cm³/mol. The highest BCUT2D eigenvalue weighted by molar-refractivity contribution is 7.89. The summed E-state index contributed by atoms with van der Waals surface area (Å²) in [5.41, 5.74) is -0.880. The smallest absolute Gasteiger partial charge is 0.417 e. The van der Waals surface area contributed by atoms with E-state index < -0.39 is 38.4 Å². The van der Waals surface area contributed by atoms with E-state index in [1.165, 1.54) is 38.4 Å². The Hall–Kier alpha value is -3.16. The molecule has 0 radical (unpaired) electrons. The molecule has 0 spiro atoms. The third kappa shape index (κ3) is 5.61. The molecule has 0 saturated heterocycles. The third-order valence-electron chi connectivity index (χ3n) is 4.26. The first kappa shape index (κ1) is 24.5. The number of hydrogen-bond donors (Lipinski definition) is 3. The van der Waals surface area contributed by atoms with Gasteiger partial charge in [0.2, 0.25) is 16.0 Å². The number of halogens is 5. The number of sulfonamides is 1. The van der Waals surface area contributed by atoms with E-state index in [0.29, 0.717) is 5.69 Å². The van der Waals surface area contributed by atoms with Gasteiger partial charge in [-0.3, -0.25) is 0 Å². The summed E-state index contributed by atoms with van der Waals surface area (Å²) >= 11 is 5.59. The number of alkyl halides is 3. The molecular weight excluding hydrogens is 490 g/mol. The zero-order chi connectivity index (χ0) is 24.4. The van der Waals surface area contributed by atoms with Gasteiger partial charge >= 0.3 is 6.18 Å². The molecule has 8 nitrogen and oxygen atoms in total. The molecule has 176 valence electrons. The fraction of sp³-hybridized carbons (Fsp3) is 0.158. The summed E-state index contributed by atoms with van der Waals surface area (Å²) in [7, 11) is -1.24. The second-order valence-corrected chi connectivity index (χ2v) is 8.67. The Balaban J connectivity index is 1.89. The second-order valence-electron chi connectivity index (χ2n) is 6.41. The minimum absolute atomic E-state index is 0.0238. The quantitative estimate of drug-likeness (QED) is 0.400. The average molecular weight is 506 g/mol. The van der Waals surface area contributed by atoms with Gasteiger partial charge in [0.15, 0.2) is 11.6 Å². The average Bonchev–Trinajstić information content (AvgIpc) is 2.76. The van der Waals surface area contributed by atoms with Crippen LogP contribution in [-0.4, -0.2) is 32.5 Å². The molecule has 1 aromatic heterocycles. The van der Waals surface area contributed by atoms with E-state index in [1.54, 1.807) is 0 Å². The largest absolute Gasteiger partial charge is 0.495 e. The molecule has 0 bridgehead atoms. The van der Waals surface area contributed by atoms with Crippen molar-refractivity contribution < 1.29 is 30.7 Å². The zero-order valence-electron chi connectivity index (χ0n) is 17.0.